The van der Waals surface area contributed by atoms with Crippen LogP contribution in [0.4, 0.5) is 10.1 Å². The van der Waals surface area contributed by atoms with Gasteiger partial charge >= 0.3 is 0 Å². The Bertz CT molecular complexity index is 1120. The molecule has 6 nitrogen and oxygen atoms in total. The molecule has 1 amide bonds. The maximum atomic E-state index is 13.5. The van der Waals surface area contributed by atoms with Crippen LogP contribution in [0.3, 0.4) is 0 Å². The maximum absolute atomic E-state index is 13.5. The van der Waals surface area contributed by atoms with Crippen LogP contribution in [0.2, 0.25) is 0 Å². The molecule has 3 rings (SSSR count). The van der Waals surface area contributed by atoms with Crippen LogP contribution < -0.4 is 10.9 Å². The minimum absolute atomic E-state index is 0.203. The second-order valence-electron chi connectivity index (χ2n) is 7.30. The van der Waals surface area contributed by atoms with Gasteiger partial charge < -0.3 is 5.32 Å². The fourth-order valence-electron chi connectivity index (χ4n) is 3.40. The highest BCUT2D eigenvalue weighted by Gasteiger charge is 2.24. The number of hydrogen-bond acceptors (Lipinski definition) is 5. The van der Waals surface area contributed by atoms with Crippen LogP contribution in [0.15, 0.2) is 29.1 Å². The van der Waals surface area contributed by atoms with Gasteiger partial charge in [-0.1, -0.05) is 13.8 Å². The van der Waals surface area contributed by atoms with E-state index in [2.05, 4.69) is 24.1 Å². The zero-order valence-electron chi connectivity index (χ0n) is 18.0. The average molecular weight is 431 g/mol. The number of nitrogens with one attached hydrogen (secondary N) is 1. The van der Waals surface area contributed by atoms with Crippen molar-refractivity contribution >= 4 is 33.1 Å². The molecule has 8 heteroatoms. The van der Waals surface area contributed by atoms with Crippen molar-refractivity contribution in [2.24, 2.45) is 0 Å². The molecule has 1 atom stereocenters. The molecule has 0 saturated carbocycles. The van der Waals surface area contributed by atoms with E-state index in [4.69, 9.17) is 4.98 Å². The number of aromatic nitrogens is 2. The van der Waals surface area contributed by atoms with E-state index in [0.29, 0.717) is 28.3 Å². The van der Waals surface area contributed by atoms with Crippen molar-refractivity contribution in [2.75, 3.05) is 18.4 Å². The Kier molecular flexibility index (Phi) is 6.67. The molecule has 0 aliphatic carbocycles. The molecule has 0 bridgehead atoms. The van der Waals surface area contributed by atoms with Crippen molar-refractivity contribution in [3.05, 3.63) is 56.7 Å². The summed E-state index contributed by atoms with van der Waals surface area (Å²) in [6.07, 6.45) is 0. The fraction of sp³-hybridized carbons (Fsp3) is 0.409. The topological polar surface area (TPSA) is 67.2 Å². The third-order valence-electron chi connectivity index (χ3n) is 5.45. The Morgan fingerprint density at radius 2 is 1.87 bits per heavy atom. The number of halogens is 1. The summed E-state index contributed by atoms with van der Waals surface area (Å²) in [5.41, 5.74) is 1.18. The summed E-state index contributed by atoms with van der Waals surface area (Å²) in [6, 6.07) is 4.78. The van der Waals surface area contributed by atoms with Gasteiger partial charge in [-0.05, 0) is 63.7 Å². The highest BCUT2D eigenvalue weighted by molar-refractivity contribution is 7.18. The first kappa shape index (κ1) is 22.1. The minimum Gasteiger partial charge on any atom is -0.324 e. The summed E-state index contributed by atoms with van der Waals surface area (Å²) < 4.78 is 14.7. The van der Waals surface area contributed by atoms with Gasteiger partial charge in [0.25, 0.3) is 5.56 Å². The zero-order chi connectivity index (χ0) is 22.0. The smallest absolute Gasteiger partial charge is 0.263 e. The van der Waals surface area contributed by atoms with E-state index in [-0.39, 0.29) is 17.3 Å². The SMILES string of the molecule is CCN(CC)Cc1nc2sc(C)c(C)c2c(=O)n1C(C)C(=O)Nc1ccc(F)cc1. The summed E-state index contributed by atoms with van der Waals surface area (Å²) in [5.74, 6) is -0.161. The quantitative estimate of drug-likeness (QED) is 0.608. The van der Waals surface area contributed by atoms with Gasteiger partial charge in [-0.2, -0.15) is 0 Å². The molecule has 0 aliphatic rings. The number of nitrogens with zero attached hydrogens (tertiary/aromatic N) is 3. The molecule has 1 aromatic carbocycles. The summed E-state index contributed by atoms with van der Waals surface area (Å²) in [5, 5.41) is 3.34. The van der Waals surface area contributed by atoms with Gasteiger partial charge in [-0.15, -0.1) is 11.3 Å². The molecule has 3 aromatic rings. The van der Waals surface area contributed by atoms with E-state index in [1.54, 1.807) is 6.92 Å². The third kappa shape index (κ3) is 4.29. The van der Waals surface area contributed by atoms with Crippen molar-refractivity contribution in [2.45, 2.75) is 47.2 Å². The monoisotopic (exact) mass is 430 g/mol. The van der Waals surface area contributed by atoms with Gasteiger partial charge in [0, 0.05) is 10.6 Å². The van der Waals surface area contributed by atoms with E-state index in [1.165, 1.54) is 40.2 Å². The molecular formula is C22H27FN4O2S. The number of aryl methyl sites for hydroxylation is 2. The van der Waals surface area contributed by atoms with Crippen LogP contribution in [-0.4, -0.2) is 33.4 Å². The first-order chi connectivity index (χ1) is 14.3. The Morgan fingerprint density at radius 1 is 1.23 bits per heavy atom. The van der Waals surface area contributed by atoms with Crippen LogP contribution in [0, 0.1) is 19.7 Å². The fourth-order valence-corrected chi connectivity index (χ4v) is 4.44. The lowest BCUT2D eigenvalue weighted by Gasteiger charge is -2.23. The van der Waals surface area contributed by atoms with Crippen LogP contribution in [-0.2, 0) is 11.3 Å². The molecule has 0 aliphatic heterocycles. The largest absolute Gasteiger partial charge is 0.324 e. The second-order valence-corrected chi connectivity index (χ2v) is 8.50. The molecule has 2 aromatic heterocycles. The van der Waals surface area contributed by atoms with Crippen molar-refractivity contribution in [1.29, 1.82) is 0 Å². The second kappa shape index (κ2) is 9.06. The van der Waals surface area contributed by atoms with Gasteiger partial charge in [-0.3, -0.25) is 19.1 Å². The van der Waals surface area contributed by atoms with E-state index in [1.807, 2.05) is 13.8 Å². The Balaban J connectivity index is 2.07. The van der Waals surface area contributed by atoms with Crippen molar-refractivity contribution in [3.63, 3.8) is 0 Å². The molecular weight excluding hydrogens is 403 g/mol. The molecule has 1 unspecified atom stereocenters. The third-order valence-corrected chi connectivity index (χ3v) is 6.55. The van der Waals surface area contributed by atoms with Crippen molar-refractivity contribution in [1.82, 2.24) is 14.5 Å². The molecule has 160 valence electrons. The Labute approximate surface area is 179 Å². The van der Waals surface area contributed by atoms with Crippen molar-refractivity contribution in [3.8, 4) is 0 Å². The molecule has 0 spiro atoms. The van der Waals surface area contributed by atoms with Gasteiger partial charge in [0.15, 0.2) is 0 Å². The summed E-state index contributed by atoms with van der Waals surface area (Å²) in [7, 11) is 0. The summed E-state index contributed by atoms with van der Waals surface area (Å²) >= 11 is 1.50. The molecule has 1 N–H and O–H groups in total. The van der Waals surface area contributed by atoms with Crippen LogP contribution >= 0.6 is 11.3 Å². The summed E-state index contributed by atoms with van der Waals surface area (Å²) in [6.45, 7) is 11.8. The van der Waals surface area contributed by atoms with Gasteiger partial charge in [-0.25, -0.2) is 9.37 Å². The minimum atomic E-state index is -0.773. The molecule has 0 fully saturated rings. The van der Waals surface area contributed by atoms with E-state index in [0.717, 1.165) is 23.5 Å². The Morgan fingerprint density at radius 3 is 2.47 bits per heavy atom. The average Bonchev–Trinajstić information content (AvgIpc) is 3.01. The number of hydrogen-bond donors (Lipinski definition) is 1. The zero-order valence-corrected chi connectivity index (χ0v) is 18.8. The number of amides is 1. The number of fused-ring (bicyclic) bond motifs is 1. The predicted octanol–water partition coefficient (Wildman–Crippen LogP) is 4.26. The van der Waals surface area contributed by atoms with Gasteiger partial charge in [0.2, 0.25) is 5.91 Å². The van der Waals surface area contributed by atoms with Crippen LogP contribution in [0.25, 0.3) is 10.2 Å². The number of rotatable bonds is 7. The van der Waals surface area contributed by atoms with Crippen molar-refractivity contribution < 1.29 is 9.18 Å². The highest BCUT2D eigenvalue weighted by atomic mass is 32.1. The maximum Gasteiger partial charge on any atom is 0.263 e. The first-order valence-corrected chi connectivity index (χ1v) is 10.9. The van der Waals surface area contributed by atoms with Gasteiger partial charge in [0.1, 0.15) is 22.5 Å². The number of carbonyl (C=O) groups excluding carboxylic acids is 1. The lowest BCUT2D eigenvalue weighted by molar-refractivity contribution is -0.119. The van der Waals surface area contributed by atoms with E-state index < -0.39 is 6.04 Å². The molecule has 30 heavy (non-hydrogen) atoms. The normalized spacial score (nSPS) is 12.5. The highest BCUT2D eigenvalue weighted by Crippen LogP contribution is 2.27. The lowest BCUT2D eigenvalue weighted by atomic mass is 10.2. The number of anilines is 1. The number of benzene rings is 1. The predicted molar refractivity (Wildman–Crippen MR) is 120 cm³/mol. The Hall–Kier alpha value is -2.58. The summed E-state index contributed by atoms with van der Waals surface area (Å²) in [4.78, 5) is 35.1. The van der Waals surface area contributed by atoms with Crippen LogP contribution in [0.5, 0.6) is 0 Å². The molecule has 2 heterocycles. The van der Waals surface area contributed by atoms with E-state index in [9.17, 15) is 14.0 Å². The standard InChI is InChI=1S/C22H27FN4O2S/c1-6-26(7-2)12-18-25-21-19(13(3)15(5)30-21)22(29)27(18)14(4)20(28)24-17-10-8-16(23)9-11-17/h8-11,14H,6-7,12H2,1-5H3,(H,24,28). The number of carbonyl (C=O) groups is 1. The van der Waals surface area contributed by atoms with Crippen LogP contribution in [0.1, 0.15) is 43.1 Å². The molecule has 0 saturated heterocycles. The number of thiophene rings is 1. The molecule has 0 radical (unpaired) electrons. The first-order valence-electron chi connectivity index (χ1n) is 10.1. The van der Waals surface area contributed by atoms with Gasteiger partial charge in [0.05, 0.1) is 11.9 Å². The lowest BCUT2D eigenvalue weighted by Crippen LogP contribution is -2.37. The van der Waals surface area contributed by atoms with E-state index >= 15 is 0 Å².